The summed E-state index contributed by atoms with van der Waals surface area (Å²) in [7, 11) is -1.35. The largest absolute Gasteiger partial charge is 0.287 e. The number of rotatable bonds is 5. The molecule has 1 heteroatoms. The molecule has 0 aromatic heterocycles. The Hall–Kier alpha value is 0.350. The zero-order valence-electron chi connectivity index (χ0n) is 11.9. The van der Waals surface area contributed by atoms with E-state index in [1.165, 1.54) is 18.6 Å². The lowest BCUT2D eigenvalue weighted by molar-refractivity contribution is 0.411. The molecule has 0 aliphatic heterocycles. The molecular formula is C14H32S. The second kappa shape index (κ2) is 3.98. The van der Waals surface area contributed by atoms with Gasteiger partial charge in [0, 0.05) is 0 Å². The summed E-state index contributed by atoms with van der Waals surface area (Å²) in [6.07, 6.45) is 10.7. The van der Waals surface area contributed by atoms with Crippen LogP contribution in [0.3, 0.4) is 0 Å². The van der Waals surface area contributed by atoms with Crippen LogP contribution in [-0.4, -0.2) is 29.8 Å². The van der Waals surface area contributed by atoms with E-state index in [1.807, 2.05) is 0 Å². The fraction of sp³-hybridized carbons (Fsp3) is 1.00. The lowest BCUT2D eigenvalue weighted by atomic mass is 9.96. The van der Waals surface area contributed by atoms with Crippen LogP contribution in [0.2, 0.25) is 0 Å². The molecule has 0 nitrogen and oxygen atoms in total. The van der Waals surface area contributed by atoms with Gasteiger partial charge in [-0.1, -0.05) is 34.1 Å². The molecular weight excluding hydrogens is 200 g/mol. The third-order valence-electron chi connectivity index (χ3n) is 4.85. The van der Waals surface area contributed by atoms with E-state index >= 15 is 0 Å². The third-order valence-corrected chi connectivity index (χ3v) is 9.91. The quantitative estimate of drug-likeness (QED) is 0.680. The highest BCUT2D eigenvalue weighted by Gasteiger charge is 2.48. The minimum Gasteiger partial charge on any atom is -0.287 e. The first-order valence-electron chi connectivity index (χ1n) is 6.65. The Bertz CT molecular complexity index is 223. The van der Waals surface area contributed by atoms with Crippen LogP contribution in [0.5, 0.6) is 0 Å². The van der Waals surface area contributed by atoms with Gasteiger partial charge in [0.15, 0.2) is 0 Å². The second-order valence-corrected chi connectivity index (χ2v) is 15.1. The molecule has 4 unspecified atom stereocenters. The van der Waals surface area contributed by atoms with Crippen molar-refractivity contribution in [3.63, 3.8) is 0 Å². The van der Waals surface area contributed by atoms with Gasteiger partial charge in [-0.2, -0.15) is 0 Å². The molecule has 94 valence electrons. The van der Waals surface area contributed by atoms with Crippen molar-refractivity contribution in [2.75, 3.05) is 24.5 Å². The van der Waals surface area contributed by atoms with Crippen LogP contribution in [0.4, 0.5) is 0 Å². The molecule has 0 aromatic carbocycles. The van der Waals surface area contributed by atoms with Gasteiger partial charge in [-0.25, -0.2) is 0 Å². The standard InChI is InChI=1S/C14H32S/c1-8-11(2)13(4)10-15(5,6,7)14-9-12(14)3/h11-15H,8-10H2,1-7H3. The van der Waals surface area contributed by atoms with E-state index < -0.39 is 9.16 Å². The van der Waals surface area contributed by atoms with Crippen LogP contribution in [0, 0.1) is 17.8 Å². The molecule has 4 atom stereocenters. The van der Waals surface area contributed by atoms with Crippen molar-refractivity contribution in [3.8, 4) is 0 Å². The van der Waals surface area contributed by atoms with E-state index in [2.05, 4.69) is 46.5 Å². The van der Waals surface area contributed by atoms with Crippen LogP contribution >= 0.6 is 9.16 Å². The van der Waals surface area contributed by atoms with Crippen molar-refractivity contribution in [1.82, 2.24) is 0 Å². The summed E-state index contributed by atoms with van der Waals surface area (Å²) >= 11 is 0. The Morgan fingerprint density at radius 2 is 1.60 bits per heavy atom. The van der Waals surface area contributed by atoms with Gasteiger partial charge < -0.3 is 0 Å². The predicted octanol–water partition coefficient (Wildman–Crippen LogP) is 4.04. The monoisotopic (exact) mass is 232 g/mol. The topological polar surface area (TPSA) is 0 Å². The Morgan fingerprint density at radius 1 is 1.13 bits per heavy atom. The van der Waals surface area contributed by atoms with Crippen molar-refractivity contribution in [2.45, 2.75) is 45.8 Å². The molecule has 1 rings (SSSR count). The van der Waals surface area contributed by atoms with Gasteiger partial charge in [-0.3, -0.25) is 9.16 Å². The summed E-state index contributed by atoms with van der Waals surface area (Å²) < 4.78 is 0. The molecule has 0 radical (unpaired) electrons. The summed E-state index contributed by atoms with van der Waals surface area (Å²) in [4.78, 5) is 0. The average Bonchev–Trinajstić information content (AvgIpc) is 2.80. The summed E-state index contributed by atoms with van der Waals surface area (Å²) in [6.45, 7) is 9.67. The zero-order valence-corrected chi connectivity index (χ0v) is 12.8. The highest BCUT2D eigenvalue weighted by Crippen LogP contribution is 2.74. The molecule has 1 aliphatic rings. The molecule has 1 saturated carbocycles. The summed E-state index contributed by atoms with van der Waals surface area (Å²) in [5.74, 6) is 4.35. The molecule has 0 heterocycles. The van der Waals surface area contributed by atoms with Gasteiger partial charge in [-0.05, 0) is 53.9 Å². The smallest absolute Gasteiger partial charge is 0.0216 e. The van der Waals surface area contributed by atoms with E-state index in [-0.39, 0.29) is 0 Å². The fourth-order valence-electron chi connectivity index (χ4n) is 3.38. The Balaban J connectivity index is 2.62. The van der Waals surface area contributed by atoms with Gasteiger partial charge in [0.25, 0.3) is 0 Å². The predicted molar refractivity (Wildman–Crippen MR) is 77.8 cm³/mol. The SMILES string of the molecule is CCC(C)C(C)C[SH](C)(C)(C)C1CC1C. The van der Waals surface area contributed by atoms with Gasteiger partial charge in [0.2, 0.25) is 0 Å². The van der Waals surface area contributed by atoms with Gasteiger partial charge in [0.05, 0.1) is 0 Å². The summed E-state index contributed by atoms with van der Waals surface area (Å²) in [6, 6.07) is 0. The highest BCUT2D eigenvalue weighted by molar-refractivity contribution is 8.48. The van der Waals surface area contributed by atoms with Crippen LogP contribution in [-0.2, 0) is 0 Å². The Kier molecular flexibility index (Phi) is 3.56. The van der Waals surface area contributed by atoms with Crippen molar-refractivity contribution in [3.05, 3.63) is 0 Å². The van der Waals surface area contributed by atoms with Crippen LogP contribution in [0.25, 0.3) is 0 Å². The van der Waals surface area contributed by atoms with Crippen molar-refractivity contribution in [1.29, 1.82) is 0 Å². The number of thiol groups is 1. The van der Waals surface area contributed by atoms with Crippen LogP contribution in [0.1, 0.15) is 40.5 Å². The first-order valence-corrected chi connectivity index (χ1v) is 10.5. The molecule has 0 amide bonds. The van der Waals surface area contributed by atoms with Crippen LogP contribution in [0.15, 0.2) is 0 Å². The summed E-state index contributed by atoms with van der Waals surface area (Å²) in [5.41, 5.74) is 0. The maximum Gasteiger partial charge on any atom is -0.0216 e. The fourth-order valence-corrected chi connectivity index (χ4v) is 9.08. The zero-order chi connectivity index (χ0) is 11.9. The molecule has 0 N–H and O–H groups in total. The molecule has 1 fully saturated rings. The maximum absolute atomic E-state index is 2.62. The van der Waals surface area contributed by atoms with E-state index in [9.17, 15) is 0 Å². The molecule has 0 aromatic rings. The summed E-state index contributed by atoms with van der Waals surface area (Å²) in [5, 5.41) is 1.09. The van der Waals surface area contributed by atoms with Gasteiger partial charge >= 0.3 is 0 Å². The van der Waals surface area contributed by atoms with Crippen LogP contribution < -0.4 is 0 Å². The molecule has 0 bridgehead atoms. The third kappa shape index (κ3) is 3.15. The van der Waals surface area contributed by atoms with E-state index in [4.69, 9.17) is 0 Å². The average molecular weight is 232 g/mol. The minimum absolute atomic E-state index is 0.903. The van der Waals surface area contributed by atoms with E-state index in [0.717, 1.165) is 23.0 Å². The number of hydrogen-bond acceptors (Lipinski definition) is 0. The van der Waals surface area contributed by atoms with E-state index in [0.29, 0.717) is 0 Å². The second-order valence-electron chi connectivity index (χ2n) is 7.57. The maximum atomic E-state index is 2.62. The first kappa shape index (κ1) is 13.4. The van der Waals surface area contributed by atoms with E-state index in [1.54, 1.807) is 0 Å². The number of hydrogen-bond donors (Lipinski definition) is 1. The lowest BCUT2D eigenvalue weighted by Gasteiger charge is -2.55. The first-order chi connectivity index (χ1) is 6.65. The molecule has 15 heavy (non-hydrogen) atoms. The Labute approximate surface area is 97.5 Å². The minimum atomic E-state index is -1.35. The normalized spacial score (nSPS) is 32.9. The Morgan fingerprint density at radius 3 is 1.93 bits per heavy atom. The lowest BCUT2D eigenvalue weighted by Crippen LogP contribution is -2.29. The van der Waals surface area contributed by atoms with Crippen molar-refractivity contribution < 1.29 is 0 Å². The van der Waals surface area contributed by atoms with Crippen molar-refractivity contribution >= 4 is 9.16 Å². The van der Waals surface area contributed by atoms with Gasteiger partial charge in [-0.15, -0.1) is 0 Å². The van der Waals surface area contributed by atoms with Crippen molar-refractivity contribution in [2.24, 2.45) is 17.8 Å². The molecule has 1 aliphatic carbocycles. The molecule has 0 saturated heterocycles. The molecule has 0 spiro atoms. The van der Waals surface area contributed by atoms with Gasteiger partial charge in [0.1, 0.15) is 0 Å². The highest BCUT2D eigenvalue weighted by atomic mass is 32.3.